The number of likely N-dealkylation sites (N-methyl/N-ethyl adjacent to an activating group) is 1. The van der Waals surface area contributed by atoms with Gasteiger partial charge in [0, 0.05) is 26.7 Å². The van der Waals surface area contributed by atoms with Crippen LogP contribution in [0.2, 0.25) is 0 Å². The zero-order chi connectivity index (χ0) is 11.7. The Balaban J connectivity index is 1.86. The molecule has 0 aromatic rings. The van der Waals surface area contributed by atoms with Crippen LogP contribution in [0.3, 0.4) is 0 Å². The minimum absolute atomic E-state index is 0.0452. The highest BCUT2D eigenvalue weighted by molar-refractivity contribution is 5.82. The van der Waals surface area contributed by atoms with Crippen LogP contribution in [0.15, 0.2) is 0 Å². The van der Waals surface area contributed by atoms with Crippen LogP contribution in [0.5, 0.6) is 0 Å². The zero-order valence-electron chi connectivity index (χ0n) is 10.4. The standard InChI is InChI=1S/C12H22N2O2/c1-8(9-4-5-9)14(2)12(15)11-6-10(16-3)7-13-11/h8-11,13H,4-7H2,1-3H3. The van der Waals surface area contributed by atoms with Gasteiger partial charge < -0.3 is 15.0 Å². The first-order chi connectivity index (χ1) is 7.63. The molecular formula is C12H22N2O2. The van der Waals surface area contributed by atoms with Crippen LogP contribution in [0, 0.1) is 5.92 Å². The fraction of sp³-hybridized carbons (Fsp3) is 0.917. The number of carbonyl (C=O) groups is 1. The SMILES string of the molecule is COC1CNC(C(=O)N(C)C(C)C2CC2)C1. The van der Waals surface area contributed by atoms with E-state index in [0.717, 1.165) is 18.9 Å². The number of hydrogen-bond acceptors (Lipinski definition) is 3. The van der Waals surface area contributed by atoms with Crippen LogP contribution < -0.4 is 5.32 Å². The molecule has 3 atom stereocenters. The molecule has 1 heterocycles. The average molecular weight is 226 g/mol. The predicted molar refractivity (Wildman–Crippen MR) is 62.2 cm³/mol. The first kappa shape index (κ1) is 11.9. The van der Waals surface area contributed by atoms with Crippen LogP contribution in [0.25, 0.3) is 0 Å². The van der Waals surface area contributed by atoms with Gasteiger partial charge >= 0.3 is 0 Å². The van der Waals surface area contributed by atoms with E-state index in [2.05, 4.69) is 12.2 Å². The summed E-state index contributed by atoms with van der Waals surface area (Å²) in [5.41, 5.74) is 0. The molecule has 1 N–H and O–H groups in total. The van der Waals surface area contributed by atoms with Crippen molar-refractivity contribution in [2.45, 2.75) is 44.4 Å². The fourth-order valence-corrected chi connectivity index (χ4v) is 2.41. The normalized spacial score (nSPS) is 31.4. The molecular weight excluding hydrogens is 204 g/mol. The van der Waals surface area contributed by atoms with E-state index >= 15 is 0 Å². The molecule has 0 bridgehead atoms. The molecule has 0 aromatic carbocycles. The molecule has 92 valence electrons. The molecule has 3 unspecified atom stereocenters. The van der Waals surface area contributed by atoms with Gasteiger partial charge in [-0.1, -0.05) is 0 Å². The third-order valence-electron chi connectivity index (χ3n) is 3.98. The van der Waals surface area contributed by atoms with Gasteiger partial charge in [0.1, 0.15) is 0 Å². The lowest BCUT2D eigenvalue weighted by Gasteiger charge is -2.27. The maximum Gasteiger partial charge on any atom is 0.239 e. The molecule has 0 radical (unpaired) electrons. The summed E-state index contributed by atoms with van der Waals surface area (Å²) >= 11 is 0. The Bertz CT molecular complexity index is 266. The zero-order valence-corrected chi connectivity index (χ0v) is 10.4. The molecule has 1 saturated carbocycles. The maximum absolute atomic E-state index is 12.2. The average Bonchev–Trinajstić information content (AvgIpc) is 3.04. The molecule has 1 amide bonds. The monoisotopic (exact) mass is 226 g/mol. The predicted octanol–water partition coefficient (Wildman–Crippen LogP) is 0.620. The van der Waals surface area contributed by atoms with Crippen molar-refractivity contribution in [3.8, 4) is 0 Å². The van der Waals surface area contributed by atoms with E-state index in [1.807, 2.05) is 11.9 Å². The fourth-order valence-electron chi connectivity index (χ4n) is 2.41. The number of nitrogens with one attached hydrogen (secondary N) is 1. The summed E-state index contributed by atoms with van der Waals surface area (Å²) in [4.78, 5) is 14.1. The van der Waals surface area contributed by atoms with Gasteiger partial charge in [-0.25, -0.2) is 0 Å². The highest BCUT2D eigenvalue weighted by Crippen LogP contribution is 2.35. The van der Waals surface area contributed by atoms with Crippen LogP contribution in [-0.4, -0.2) is 49.7 Å². The van der Waals surface area contributed by atoms with Crippen molar-refractivity contribution >= 4 is 5.91 Å². The molecule has 1 aliphatic heterocycles. The smallest absolute Gasteiger partial charge is 0.239 e. The van der Waals surface area contributed by atoms with Gasteiger partial charge in [-0.15, -0.1) is 0 Å². The lowest BCUT2D eigenvalue weighted by Crippen LogP contribution is -2.46. The Morgan fingerprint density at radius 3 is 2.69 bits per heavy atom. The quantitative estimate of drug-likeness (QED) is 0.764. The Kier molecular flexibility index (Phi) is 3.50. The lowest BCUT2D eigenvalue weighted by molar-refractivity contribution is -0.134. The molecule has 1 aliphatic carbocycles. The van der Waals surface area contributed by atoms with Crippen LogP contribution in [-0.2, 0) is 9.53 Å². The van der Waals surface area contributed by atoms with Gasteiger partial charge in [0.05, 0.1) is 12.1 Å². The Morgan fingerprint density at radius 2 is 2.19 bits per heavy atom. The van der Waals surface area contributed by atoms with E-state index in [9.17, 15) is 4.79 Å². The number of hydrogen-bond donors (Lipinski definition) is 1. The first-order valence-corrected chi connectivity index (χ1v) is 6.16. The van der Waals surface area contributed by atoms with Crippen molar-refractivity contribution in [1.82, 2.24) is 10.2 Å². The lowest BCUT2D eigenvalue weighted by atomic mass is 10.1. The van der Waals surface area contributed by atoms with Crippen molar-refractivity contribution in [2.75, 3.05) is 20.7 Å². The second-order valence-electron chi connectivity index (χ2n) is 5.08. The van der Waals surface area contributed by atoms with Gasteiger partial charge in [-0.3, -0.25) is 4.79 Å². The molecule has 0 aromatic heterocycles. The first-order valence-electron chi connectivity index (χ1n) is 6.16. The van der Waals surface area contributed by atoms with Gasteiger partial charge in [-0.2, -0.15) is 0 Å². The van der Waals surface area contributed by atoms with Crippen molar-refractivity contribution < 1.29 is 9.53 Å². The van der Waals surface area contributed by atoms with Crippen molar-refractivity contribution in [3.05, 3.63) is 0 Å². The third-order valence-corrected chi connectivity index (χ3v) is 3.98. The maximum atomic E-state index is 12.2. The second kappa shape index (κ2) is 4.72. The molecule has 2 aliphatic rings. The van der Waals surface area contributed by atoms with Crippen molar-refractivity contribution in [1.29, 1.82) is 0 Å². The molecule has 2 rings (SSSR count). The Morgan fingerprint density at radius 1 is 1.50 bits per heavy atom. The molecule has 1 saturated heterocycles. The summed E-state index contributed by atoms with van der Waals surface area (Å²) in [5.74, 6) is 0.951. The van der Waals surface area contributed by atoms with E-state index in [0.29, 0.717) is 6.04 Å². The topological polar surface area (TPSA) is 41.6 Å². The second-order valence-corrected chi connectivity index (χ2v) is 5.08. The number of nitrogens with zero attached hydrogens (tertiary/aromatic N) is 1. The largest absolute Gasteiger partial charge is 0.380 e. The molecule has 16 heavy (non-hydrogen) atoms. The number of rotatable bonds is 4. The van der Waals surface area contributed by atoms with Gasteiger partial charge in [0.2, 0.25) is 5.91 Å². The van der Waals surface area contributed by atoms with Crippen LogP contribution >= 0.6 is 0 Å². The van der Waals surface area contributed by atoms with Crippen LogP contribution in [0.1, 0.15) is 26.2 Å². The van der Waals surface area contributed by atoms with E-state index in [-0.39, 0.29) is 18.1 Å². The third kappa shape index (κ3) is 2.38. The minimum atomic E-state index is -0.0452. The summed E-state index contributed by atoms with van der Waals surface area (Å²) < 4.78 is 5.26. The number of amides is 1. The number of carbonyl (C=O) groups excluding carboxylic acids is 1. The van der Waals surface area contributed by atoms with Crippen molar-refractivity contribution in [3.63, 3.8) is 0 Å². The van der Waals surface area contributed by atoms with Gasteiger partial charge in [-0.05, 0) is 32.1 Å². The summed E-state index contributed by atoms with van der Waals surface area (Å²) in [6, 6.07) is 0.340. The van der Waals surface area contributed by atoms with E-state index in [1.165, 1.54) is 12.8 Å². The molecule has 0 spiro atoms. The van der Waals surface area contributed by atoms with Crippen molar-refractivity contribution in [2.24, 2.45) is 5.92 Å². The van der Waals surface area contributed by atoms with E-state index < -0.39 is 0 Å². The molecule has 4 heteroatoms. The summed E-state index contributed by atoms with van der Waals surface area (Å²) in [6.45, 7) is 2.94. The van der Waals surface area contributed by atoms with E-state index in [4.69, 9.17) is 4.74 Å². The summed E-state index contributed by atoms with van der Waals surface area (Å²) in [7, 11) is 3.63. The number of ether oxygens (including phenoxy) is 1. The van der Waals surface area contributed by atoms with Gasteiger partial charge in [0.25, 0.3) is 0 Å². The molecule has 4 nitrogen and oxygen atoms in total. The Hall–Kier alpha value is -0.610. The summed E-state index contributed by atoms with van der Waals surface area (Å²) in [5, 5.41) is 3.24. The number of methoxy groups -OCH3 is 1. The van der Waals surface area contributed by atoms with Crippen LogP contribution in [0.4, 0.5) is 0 Å². The van der Waals surface area contributed by atoms with E-state index in [1.54, 1.807) is 7.11 Å². The highest BCUT2D eigenvalue weighted by atomic mass is 16.5. The minimum Gasteiger partial charge on any atom is -0.380 e. The summed E-state index contributed by atoms with van der Waals surface area (Å²) in [6.07, 6.45) is 3.55. The van der Waals surface area contributed by atoms with Gasteiger partial charge in [0.15, 0.2) is 0 Å². The Labute approximate surface area is 97.3 Å². The molecule has 2 fully saturated rings. The highest BCUT2D eigenvalue weighted by Gasteiger charge is 2.37.